The number of thiazole rings is 1. The van der Waals surface area contributed by atoms with Gasteiger partial charge in [-0.15, -0.1) is 0 Å². The number of nitrogens with one attached hydrogen (secondary N) is 1. The molecular weight excluding hydrogens is 473 g/mol. The third kappa shape index (κ3) is 4.32. The molecule has 2 heterocycles. The SMILES string of the molecule is Cc1ccc2nc(NC(=O)Cn3cc(S(=O)(=O)Cc4ccccc4F)c4ccccc43)sc2c1. The standard InChI is InChI=1S/C25H20FN3O3S2/c1-16-10-11-20-22(12-16)33-25(27-20)28-24(30)14-29-13-23(18-7-3-5-9-21(18)29)34(31,32)15-17-6-2-4-8-19(17)26/h2-13H,14-15H2,1H3,(H,27,28,30). The summed E-state index contributed by atoms with van der Waals surface area (Å²) < 4.78 is 43.1. The van der Waals surface area contributed by atoms with Gasteiger partial charge >= 0.3 is 0 Å². The molecule has 5 rings (SSSR count). The van der Waals surface area contributed by atoms with E-state index in [4.69, 9.17) is 0 Å². The van der Waals surface area contributed by atoms with Crippen LogP contribution in [-0.2, 0) is 26.9 Å². The Labute approximate surface area is 199 Å². The van der Waals surface area contributed by atoms with E-state index in [2.05, 4.69) is 10.3 Å². The largest absolute Gasteiger partial charge is 0.337 e. The number of carbonyl (C=O) groups is 1. The van der Waals surface area contributed by atoms with Crippen LogP contribution in [0.5, 0.6) is 0 Å². The molecule has 3 aromatic carbocycles. The van der Waals surface area contributed by atoms with Crippen molar-refractivity contribution in [3.05, 3.63) is 89.9 Å². The minimum atomic E-state index is -3.86. The third-order valence-corrected chi connectivity index (χ3v) is 8.11. The van der Waals surface area contributed by atoms with E-state index in [-0.39, 0.29) is 22.9 Å². The van der Waals surface area contributed by atoms with Crippen molar-refractivity contribution < 1.29 is 17.6 Å². The summed E-state index contributed by atoms with van der Waals surface area (Å²) in [5.41, 5.74) is 2.61. The Morgan fingerprint density at radius 3 is 2.68 bits per heavy atom. The molecule has 0 spiro atoms. The maximum absolute atomic E-state index is 14.1. The van der Waals surface area contributed by atoms with Crippen molar-refractivity contribution in [1.82, 2.24) is 9.55 Å². The number of fused-ring (bicyclic) bond motifs is 2. The van der Waals surface area contributed by atoms with Crippen LogP contribution in [0.15, 0.2) is 77.8 Å². The van der Waals surface area contributed by atoms with E-state index in [0.717, 1.165) is 15.8 Å². The predicted octanol–water partition coefficient (Wildman–Crippen LogP) is 5.31. The van der Waals surface area contributed by atoms with Crippen molar-refractivity contribution in [2.24, 2.45) is 0 Å². The number of rotatable bonds is 6. The molecule has 0 saturated heterocycles. The van der Waals surface area contributed by atoms with Crippen LogP contribution >= 0.6 is 11.3 Å². The van der Waals surface area contributed by atoms with Gasteiger partial charge in [0.15, 0.2) is 15.0 Å². The van der Waals surface area contributed by atoms with E-state index in [1.54, 1.807) is 34.9 Å². The molecule has 0 fully saturated rings. The molecule has 5 aromatic rings. The number of aromatic nitrogens is 2. The molecule has 0 aliphatic carbocycles. The highest BCUT2D eigenvalue weighted by Crippen LogP contribution is 2.29. The minimum absolute atomic E-state index is 0.0645. The highest BCUT2D eigenvalue weighted by Gasteiger charge is 2.23. The average molecular weight is 494 g/mol. The molecule has 0 radical (unpaired) electrons. The fourth-order valence-corrected chi connectivity index (χ4v) is 6.46. The number of hydrogen-bond donors (Lipinski definition) is 1. The summed E-state index contributed by atoms with van der Waals surface area (Å²) in [7, 11) is -3.86. The smallest absolute Gasteiger partial charge is 0.246 e. The number of para-hydroxylation sites is 1. The molecule has 6 nitrogen and oxygen atoms in total. The second kappa shape index (κ2) is 8.66. The van der Waals surface area contributed by atoms with Crippen LogP contribution < -0.4 is 5.32 Å². The first-order chi connectivity index (χ1) is 16.3. The Hall–Kier alpha value is -3.56. The molecule has 2 aromatic heterocycles. The number of amides is 1. The van der Waals surface area contributed by atoms with Crippen molar-refractivity contribution in [3.8, 4) is 0 Å². The van der Waals surface area contributed by atoms with Crippen LogP contribution in [-0.4, -0.2) is 23.9 Å². The topological polar surface area (TPSA) is 81.1 Å². The molecular formula is C25H20FN3O3S2. The van der Waals surface area contributed by atoms with Gasteiger partial charge in [-0.1, -0.05) is 53.8 Å². The number of sulfone groups is 1. The number of benzene rings is 3. The first-order valence-corrected chi connectivity index (χ1v) is 13.0. The fourth-order valence-electron chi connectivity index (χ4n) is 3.89. The third-order valence-electron chi connectivity index (χ3n) is 5.49. The highest BCUT2D eigenvalue weighted by atomic mass is 32.2. The van der Waals surface area contributed by atoms with Crippen LogP contribution in [0.25, 0.3) is 21.1 Å². The molecule has 0 unspecified atom stereocenters. The Kier molecular flexibility index (Phi) is 5.66. The molecule has 0 bridgehead atoms. The van der Waals surface area contributed by atoms with Crippen molar-refractivity contribution in [3.63, 3.8) is 0 Å². The van der Waals surface area contributed by atoms with Crippen LogP contribution in [0.2, 0.25) is 0 Å². The maximum atomic E-state index is 14.1. The molecule has 1 amide bonds. The monoisotopic (exact) mass is 493 g/mol. The molecule has 172 valence electrons. The Morgan fingerprint density at radius 2 is 1.85 bits per heavy atom. The second-order valence-corrected chi connectivity index (χ2v) is 11.0. The van der Waals surface area contributed by atoms with Crippen molar-refractivity contribution in [2.45, 2.75) is 24.1 Å². The second-order valence-electron chi connectivity index (χ2n) is 8.03. The summed E-state index contributed by atoms with van der Waals surface area (Å²) in [4.78, 5) is 17.3. The molecule has 0 aliphatic heterocycles. The van der Waals surface area contributed by atoms with E-state index in [1.807, 2.05) is 25.1 Å². The van der Waals surface area contributed by atoms with E-state index >= 15 is 0 Å². The summed E-state index contributed by atoms with van der Waals surface area (Å²) in [5, 5.41) is 3.78. The Balaban J connectivity index is 1.43. The number of carbonyl (C=O) groups excluding carboxylic acids is 1. The summed E-state index contributed by atoms with van der Waals surface area (Å²) in [6, 6.07) is 18.6. The molecule has 34 heavy (non-hydrogen) atoms. The van der Waals surface area contributed by atoms with Crippen molar-refractivity contribution in [2.75, 3.05) is 5.32 Å². The lowest BCUT2D eigenvalue weighted by Gasteiger charge is -2.05. The zero-order valence-electron chi connectivity index (χ0n) is 18.2. The quantitative estimate of drug-likeness (QED) is 0.348. The number of halogens is 1. The van der Waals surface area contributed by atoms with Crippen LogP contribution in [0.1, 0.15) is 11.1 Å². The minimum Gasteiger partial charge on any atom is -0.337 e. The highest BCUT2D eigenvalue weighted by molar-refractivity contribution is 7.90. The first-order valence-electron chi connectivity index (χ1n) is 10.5. The Bertz CT molecular complexity index is 1650. The van der Waals surface area contributed by atoms with E-state index in [1.165, 1.54) is 35.7 Å². The van der Waals surface area contributed by atoms with Gasteiger partial charge in [0.05, 0.1) is 20.9 Å². The van der Waals surface area contributed by atoms with Gasteiger partial charge in [0.25, 0.3) is 0 Å². The van der Waals surface area contributed by atoms with Gasteiger partial charge in [0, 0.05) is 22.7 Å². The number of hydrogen-bond acceptors (Lipinski definition) is 5. The van der Waals surface area contributed by atoms with Crippen molar-refractivity contribution in [1.29, 1.82) is 0 Å². The first kappa shape index (κ1) is 22.2. The lowest BCUT2D eigenvalue weighted by molar-refractivity contribution is -0.116. The normalized spacial score (nSPS) is 11.8. The average Bonchev–Trinajstić information content (AvgIpc) is 3.36. The fraction of sp³-hybridized carbons (Fsp3) is 0.120. The molecule has 0 atom stereocenters. The molecule has 0 aliphatic rings. The van der Waals surface area contributed by atoms with Gasteiger partial charge in [-0.2, -0.15) is 0 Å². The van der Waals surface area contributed by atoms with E-state index in [0.29, 0.717) is 16.0 Å². The van der Waals surface area contributed by atoms with Gasteiger partial charge < -0.3 is 9.88 Å². The lowest BCUT2D eigenvalue weighted by Crippen LogP contribution is -2.18. The number of anilines is 1. The summed E-state index contributed by atoms with van der Waals surface area (Å²) in [6.45, 7) is 1.90. The summed E-state index contributed by atoms with van der Waals surface area (Å²) in [5.74, 6) is -1.36. The maximum Gasteiger partial charge on any atom is 0.246 e. The van der Waals surface area contributed by atoms with Gasteiger partial charge in [0.2, 0.25) is 5.91 Å². The van der Waals surface area contributed by atoms with Crippen LogP contribution in [0.3, 0.4) is 0 Å². The van der Waals surface area contributed by atoms with Gasteiger partial charge in [-0.05, 0) is 36.8 Å². The van der Waals surface area contributed by atoms with Crippen molar-refractivity contribution >= 4 is 53.3 Å². The van der Waals surface area contributed by atoms with Crippen LogP contribution in [0, 0.1) is 12.7 Å². The van der Waals surface area contributed by atoms with E-state index < -0.39 is 21.4 Å². The summed E-state index contributed by atoms with van der Waals surface area (Å²) in [6.07, 6.45) is 1.45. The summed E-state index contributed by atoms with van der Waals surface area (Å²) >= 11 is 1.38. The zero-order valence-corrected chi connectivity index (χ0v) is 19.8. The zero-order chi connectivity index (χ0) is 23.9. The van der Waals surface area contributed by atoms with Crippen LogP contribution in [0.4, 0.5) is 9.52 Å². The number of aryl methyl sites for hydroxylation is 1. The van der Waals surface area contributed by atoms with Gasteiger partial charge in [-0.3, -0.25) is 4.79 Å². The number of nitrogens with zero attached hydrogens (tertiary/aromatic N) is 2. The van der Waals surface area contributed by atoms with Gasteiger partial charge in [0.1, 0.15) is 12.4 Å². The Morgan fingerprint density at radius 1 is 1.09 bits per heavy atom. The molecule has 1 N–H and O–H groups in total. The molecule has 0 saturated carbocycles. The lowest BCUT2D eigenvalue weighted by atomic mass is 10.2. The van der Waals surface area contributed by atoms with E-state index in [9.17, 15) is 17.6 Å². The molecule has 9 heteroatoms. The predicted molar refractivity (Wildman–Crippen MR) is 132 cm³/mol. The van der Waals surface area contributed by atoms with Gasteiger partial charge in [-0.25, -0.2) is 17.8 Å².